The molecular formula is C18H20N2O2S. The molecule has 1 unspecified atom stereocenters. The van der Waals surface area contributed by atoms with Crippen LogP contribution in [0.5, 0.6) is 11.5 Å². The lowest BCUT2D eigenvalue weighted by atomic mass is 10.2. The van der Waals surface area contributed by atoms with Crippen molar-refractivity contribution in [2.45, 2.75) is 12.3 Å². The van der Waals surface area contributed by atoms with Gasteiger partial charge in [0.25, 0.3) is 0 Å². The summed E-state index contributed by atoms with van der Waals surface area (Å²) in [5, 5.41) is 2.93. The molecule has 5 heteroatoms. The van der Waals surface area contributed by atoms with Gasteiger partial charge in [-0.1, -0.05) is 30.3 Å². The molecule has 0 spiro atoms. The first-order chi connectivity index (χ1) is 11.3. The summed E-state index contributed by atoms with van der Waals surface area (Å²) in [6, 6.07) is 17.7. The Bertz CT molecular complexity index is 663. The van der Waals surface area contributed by atoms with Gasteiger partial charge in [-0.3, -0.25) is 0 Å². The quantitative estimate of drug-likeness (QED) is 0.912. The summed E-state index contributed by atoms with van der Waals surface area (Å²) in [7, 11) is 0. The average Bonchev–Trinajstić information content (AvgIpc) is 3.06. The van der Waals surface area contributed by atoms with Crippen molar-refractivity contribution >= 4 is 17.8 Å². The summed E-state index contributed by atoms with van der Waals surface area (Å²) in [5.74, 6) is 2.55. The highest BCUT2D eigenvalue weighted by Crippen LogP contribution is 2.39. The van der Waals surface area contributed by atoms with Crippen LogP contribution in [0.3, 0.4) is 0 Å². The van der Waals surface area contributed by atoms with Crippen LogP contribution in [0.15, 0.2) is 54.6 Å². The third-order valence-electron chi connectivity index (χ3n) is 3.60. The average molecular weight is 328 g/mol. The van der Waals surface area contributed by atoms with E-state index >= 15 is 0 Å². The number of nitrogens with zero attached hydrogens (tertiary/aromatic N) is 1. The van der Waals surface area contributed by atoms with E-state index in [0.717, 1.165) is 29.4 Å². The predicted octanol–water partition coefficient (Wildman–Crippen LogP) is 4.26. The molecule has 1 aliphatic heterocycles. The van der Waals surface area contributed by atoms with Gasteiger partial charge in [-0.2, -0.15) is 0 Å². The van der Waals surface area contributed by atoms with E-state index in [1.54, 1.807) is 11.8 Å². The number of urea groups is 1. The number of hydrogen-bond acceptors (Lipinski definition) is 3. The summed E-state index contributed by atoms with van der Waals surface area (Å²) >= 11 is 1.78. The van der Waals surface area contributed by atoms with Crippen molar-refractivity contribution in [3.63, 3.8) is 0 Å². The monoisotopic (exact) mass is 328 g/mol. The lowest BCUT2D eigenvalue weighted by molar-refractivity contribution is 0.201. The first-order valence-corrected chi connectivity index (χ1v) is 8.81. The largest absolute Gasteiger partial charge is 0.457 e. The molecular weight excluding hydrogens is 308 g/mol. The van der Waals surface area contributed by atoms with Gasteiger partial charge >= 0.3 is 6.03 Å². The fourth-order valence-electron chi connectivity index (χ4n) is 2.56. The second-order valence-electron chi connectivity index (χ2n) is 5.24. The lowest BCUT2D eigenvalue weighted by Crippen LogP contribution is -2.39. The number of thioether (sulfide) groups is 1. The molecule has 1 saturated heterocycles. The Morgan fingerprint density at radius 2 is 2.00 bits per heavy atom. The van der Waals surface area contributed by atoms with Crippen LogP contribution in [0.4, 0.5) is 4.79 Å². The van der Waals surface area contributed by atoms with Gasteiger partial charge in [0.15, 0.2) is 0 Å². The van der Waals surface area contributed by atoms with E-state index in [0.29, 0.717) is 6.54 Å². The van der Waals surface area contributed by atoms with E-state index in [4.69, 9.17) is 4.74 Å². The summed E-state index contributed by atoms with van der Waals surface area (Å²) in [4.78, 5) is 14.1. The van der Waals surface area contributed by atoms with Crippen molar-refractivity contribution < 1.29 is 9.53 Å². The maximum Gasteiger partial charge on any atom is 0.318 e. The van der Waals surface area contributed by atoms with Crippen molar-refractivity contribution in [3.05, 3.63) is 60.2 Å². The fourth-order valence-corrected chi connectivity index (χ4v) is 3.81. The molecule has 2 aromatic carbocycles. The molecule has 23 heavy (non-hydrogen) atoms. The molecule has 1 aliphatic rings. The Hall–Kier alpha value is -2.14. The Labute approximate surface area is 140 Å². The Kier molecular flexibility index (Phi) is 5.08. The van der Waals surface area contributed by atoms with Gasteiger partial charge in [0.05, 0.1) is 0 Å². The second-order valence-corrected chi connectivity index (χ2v) is 6.43. The van der Waals surface area contributed by atoms with Crippen LogP contribution in [0.2, 0.25) is 0 Å². The number of carbonyl (C=O) groups is 1. The molecule has 2 aromatic rings. The first-order valence-electron chi connectivity index (χ1n) is 7.77. The molecule has 1 heterocycles. The number of rotatable bonds is 4. The minimum Gasteiger partial charge on any atom is -0.457 e. The third-order valence-corrected chi connectivity index (χ3v) is 4.86. The Morgan fingerprint density at radius 3 is 2.78 bits per heavy atom. The number of nitrogens with one attached hydrogen (secondary N) is 1. The van der Waals surface area contributed by atoms with E-state index in [1.807, 2.05) is 66.4 Å². The van der Waals surface area contributed by atoms with Gasteiger partial charge in [-0.15, -0.1) is 11.8 Å². The van der Waals surface area contributed by atoms with E-state index < -0.39 is 0 Å². The van der Waals surface area contributed by atoms with Gasteiger partial charge in [0.1, 0.15) is 16.9 Å². The zero-order valence-corrected chi connectivity index (χ0v) is 13.9. The van der Waals surface area contributed by atoms with Crippen molar-refractivity contribution in [1.29, 1.82) is 0 Å². The Morgan fingerprint density at radius 1 is 1.22 bits per heavy atom. The van der Waals surface area contributed by atoms with Crippen molar-refractivity contribution in [2.24, 2.45) is 0 Å². The third kappa shape index (κ3) is 3.79. The van der Waals surface area contributed by atoms with Crippen LogP contribution >= 0.6 is 11.8 Å². The molecule has 1 atom stereocenters. The van der Waals surface area contributed by atoms with Crippen molar-refractivity contribution in [2.75, 3.05) is 18.8 Å². The first kappa shape index (κ1) is 15.7. The smallest absolute Gasteiger partial charge is 0.318 e. The number of carbonyl (C=O) groups excluding carboxylic acids is 1. The number of amides is 2. The molecule has 0 bridgehead atoms. The van der Waals surface area contributed by atoms with Crippen LogP contribution in [0.25, 0.3) is 0 Å². The number of ether oxygens (including phenoxy) is 1. The van der Waals surface area contributed by atoms with E-state index in [2.05, 4.69) is 5.32 Å². The number of benzene rings is 2. The number of hydrogen-bond donors (Lipinski definition) is 1. The van der Waals surface area contributed by atoms with Gasteiger partial charge < -0.3 is 15.0 Å². The summed E-state index contributed by atoms with van der Waals surface area (Å²) in [5.41, 5.74) is 1.09. The zero-order chi connectivity index (χ0) is 16.1. The normalized spacial score (nSPS) is 17.1. The minimum atomic E-state index is -0.00289. The summed E-state index contributed by atoms with van der Waals surface area (Å²) < 4.78 is 5.89. The van der Waals surface area contributed by atoms with Crippen LogP contribution in [0, 0.1) is 0 Å². The lowest BCUT2D eigenvalue weighted by Gasteiger charge is -2.24. The fraction of sp³-hybridized carbons (Fsp3) is 0.278. The van der Waals surface area contributed by atoms with Gasteiger partial charge in [0, 0.05) is 18.8 Å². The minimum absolute atomic E-state index is 0.00289. The molecule has 0 aliphatic carbocycles. The molecule has 4 nitrogen and oxygen atoms in total. The second kappa shape index (κ2) is 7.42. The molecule has 1 fully saturated rings. The van der Waals surface area contributed by atoms with Gasteiger partial charge in [-0.25, -0.2) is 4.79 Å². The topological polar surface area (TPSA) is 41.6 Å². The van der Waals surface area contributed by atoms with Crippen LogP contribution in [-0.2, 0) is 0 Å². The molecule has 1 N–H and O–H groups in total. The van der Waals surface area contributed by atoms with Gasteiger partial charge in [-0.05, 0) is 36.8 Å². The zero-order valence-electron chi connectivity index (χ0n) is 13.1. The van der Waals surface area contributed by atoms with Gasteiger partial charge in [0.2, 0.25) is 0 Å². The number of para-hydroxylation sites is 1. The molecule has 0 radical (unpaired) electrons. The van der Waals surface area contributed by atoms with Crippen LogP contribution in [0.1, 0.15) is 17.9 Å². The predicted molar refractivity (Wildman–Crippen MR) is 93.9 cm³/mol. The molecule has 3 rings (SSSR count). The SMILES string of the molecule is CCNC(=O)N1CCSC1c1cccc(Oc2ccccc2)c1. The van der Waals surface area contributed by atoms with E-state index in [-0.39, 0.29) is 11.4 Å². The molecule has 0 aromatic heterocycles. The Balaban J connectivity index is 1.77. The molecule has 0 saturated carbocycles. The van der Waals surface area contributed by atoms with E-state index in [1.165, 1.54) is 0 Å². The highest BCUT2D eigenvalue weighted by Gasteiger charge is 2.30. The van der Waals surface area contributed by atoms with Crippen molar-refractivity contribution in [1.82, 2.24) is 10.2 Å². The standard InChI is InChI=1S/C18H20N2O2S/c1-2-19-18(21)20-11-12-23-17(20)14-7-6-10-16(13-14)22-15-8-4-3-5-9-15/h3-10,13,17H,2,11-12H2,1H3,(H,19,21). The maximum absolute atomic E-state index is 12.2. The maximum atomic E-state index is 12.2. The van der Waals surface area contributed by atoms with Crippen LogP contribution in [-0.4, -0.2) is 29.8 Å². The molecule has 2 amide bonds. The van der Waals surface area contributed by atoms with E-state index in [9.17, 15) is 4.79 Å². The van der Waals surface area contributed by atoms with Crippen molar-refractivity contribution in [3.8, 4) is 11.5 Å². The summed E-state index contributed by atoms with van der Waals surface area (Å²) in [6.07, 6.45) is 0. The summed E-state index contributed by atoms with van der Waals surface area (Å²) in [6.45, 7) is 3.35. The molecule has 120 valence electrons. The highest BCUT2D eigenvalue weighted by atomic mass is 32.2. The van der Waals surface area contributed by atoms with Crippen LogP contribution < -0.4 is 10.1 Å². The highest BCUT2D eigenvalue weighted by molar-refractivity contribution is 7.99.